The average molecular weight is 378 g/mol. The summed E-state index contributed by atoms with van der Waals surface area (Å²) >= 11 is 0. The van der Waals surface area contributed by atoms with Crippen LogP contribution in [-0.2, 0) is 4.79 Å². The summed E-state index contributed by atoms with van der Waals surface area (Å²) in [5.41, 5.74) is 0.925. The van der Waals surface area contributed by atoms with E-state index in [-0.39, 0.29) is 30.3 Å². The molecule has 0 aliphatic heterocycles. The fraction of sp³-hybridized carbons (Fsp3) is 0.286. The minimum absolute atomic E-state index is 0.165. The van der Waals surface area contributed by atoms with Crippen LogP contribution in [0, 0.1) is 0 Å². The topological polar surface area (TPSA) is 84.7 Å². The first-order chi connectivity index (χ1) is 13.7. The molecule has 144 valence electrons. The first kappa shape index (κ1) is 18.0. The number of carbonyl (C=O) groups is 2. The number of fused-ring (bicyclic) bond motifs is 1. The Morgan fingerprint density at radius 3 is 2.61 bits per heavy atom. The predicted octanol–water partition coefficient (Wildman–Crippen LogP) is 3.02. The molecule has 2 N–H and O–H groups in total. The van der Waals surface area contributed by atoms with Gasteiger partial charge in [-0.25, -0.2) is 4.98 Å². The Morgan fingerprint density at radius 1 is 1.07 bits per heavy atom. The summed E-state index contributed by atoms with van der Waals surface area (Å²) in [5.74, 6) is 0.238. The molecule has 0 atom stereocenters. The van der Waals surface area contributed by atoms with Crippen LogP contribution in [0.25, 0.3) is 5.65 Å². The second kappa shape index (κ2) is 8.12. The first-order valence-electron chi connectivity index (χ1n) is 9.46. The number of hydrogen-bond donors (Lipinski definition) is 2. The predicted molar refractivity (Wildman–Crippen MR) is 105 cm³/mol. The summed E-state index contributed by atoms with van der Waals surface area (Å²) in [6, 6.07) is 14.7. The smallest absolute Gasteiger partial charge is 0.272 e. The van der Waals surface area contributed by atoms with Crippen LogP contribution in [0.1, 0.15) is 36.2 Å². The summed E-state index contributed by atoms with van der Waals surface area (Å²) in [7, 11) is 0. The fourth-order valence-corrected chi connectivity index (χ4v) is 3.46. The third kappa shape index (κ3) is 3.98. The van der Waals surface area contributed by atoms with Gasteiger partial charge in [-0.15, -0.1) is 0 Å². The molecular formula is C21H22N4O3. The van der Waals surface area contributed by atoms with Crippen LogP contribution >= 0.6 is 0 Å². The highest BCUT2D eigenvalue weighted by Gasteiger charge is 2.24. The van der Waals surface area contributed by atoms with Crippen LogP contribution in [0.2, 0.25) is 0 Å². The van der Waals surface area contributed by atoms with Crippen LogP contribution in [0.4, 0.5) is 5.82 Å². The standard InChI is InChI=1S/C21H22N4O3/c26-18(14-28-16-10-2-1-3-11-16)24-20-19(21(27)22-15-8-4-5-9-15)25-13-7-6-12-17(25)23-20/h1-3,6-7,10-13,15H,4-5,8-9,14H2,(H,22,27)(H,24,26). The van der Waals surface area contributed by atoms with Gasteiger partial charge >= 0.3 is 0 Å². The molecule has 1 aliphatic rings. The van der Waals surface area contributed by atoms with E-state index in [9.17, 15) is 9.59 Å². The first-order valence-corrected chi connectivity index (χ1v) is 9.46. The van der Waals surface area contributed by atoms with Crippen molar-refractivity contribution in [2.45, 2.75) is 31.7 Å². The van der Waals surface area contributed by atoms with Crippen LogP contribution in [0.5, 0.6) is 5.75 Å². The number of rotatable bonds is 6. The third-order valence-corrected chi connectivity index (χ3v) is 4.81. The van der Waals surface area contributed by atoms with Gasteiger partial charge in [0.1, 0.15) is 11.4 Å². The summed E-state index contributed by atoms with van der Waals surface area (Å²) < 4.78 is 7.17. The monoisotopic (exact) mass is 378 g/mol. The van der Waals surface area contributed by atoms with Crippen molar-refractivity contribution in [1.29, 1.82) is 0 Å². The van der Waals surface area contributed by atoms with E-state index in [4.69, 9.17) is 4.74 Å². The van der Waals surface area contributed by atoms with E-state index >= 15 is 0 Å². The van der Waals surface area contributed by atoms with Gasteiger partial charge in [0, 0.05) is 12.2 Å². The van der Waals surface area contributed by atoms with Gasteiger partial charge in [0.25, 0.3) is 11.8 Å². The van der Waals surface area contributed by atoms with E-state index in [1.807, 2.05) is 30.3 Å². The number of aromatic nitrogens is 2. The molecule has 0 bridgehead atoms. The number of amides is 2. The zero-order valence-electron chi connectivity index (χ0n) is 15.4. The maximum Gasteiger partial charge on any atom is 0.272 e. The molecule has 0 radical (unpaired) electrons. The number of hydrogen-bond acceptors (Lipinski definition) is 4. The average Bonchev–Trinajstić information content (AvgIpc) is 3.34. The van der Waals surface area contributed by atoms with Crippen molar-refractivity contribution in [3.63, 3.8) is 0 Å². The number of imidazole rings is 1. The number of pyridine rings is 1. The van der Waals surface area contributed by atoms with Crippen molar-refractivity contribution in [2.75, 3.05) is 11.9 Å². The van der Waals surface area contributed by atoms with Gasteiger partial charge in [-0.1, -0.05) is 37.1 Å². The summed E-state index contributed by atoms with van der Waals surface area (Å²) in [6.45, 7) is -0.165. The van der Waals surface area contributed by atoms with Crippen molar-refractivity contribution < 1.29 is 14.3 Å². The molecule has 1 aromatic carbocycles. The zero-order chi connectivity index (χ0) is 19.3. The Morgan fingerprint density at radius 2 is 1.82 bits per heavy atom. The quantitative estimate of drug-likeness (QED) is 0.690. The molecule has 0 saturated heterocycles. The van der Waals surface area contributed by atoms with Gasteiger partial charge in [-0.05, 0) is 37.1 Å². The Bertz CT molecular complexity index is 978. The Balaban J connectivity index is 1.52. The Labute approximate surface area is 162 Å². The number of benzene rings is 1. The lowest BCUT2D eigenvalue weighted by atomic mass is 10.2. The lowest BCUT2D eigenvalue weighted by Gasteiger charge is -2.13. The molecule has 2 amide bonds. The Kier molecular flexibility index (Phi) is 5.23. The van der Waals surface area contributed by atoms with E-state index < -0.39 is 0 Å². The van der Waals surface area contributed by atoms with Crippen molar-refractivity contribution in [1.82, 2.24) is 14.7 Å². The molecule has 0 unspecified atom stereocenters. The second-order valence-corrected chi connectivity index (χ2v) is 6.84. The van der Waals surface area contributed by atoms with E-state index in [2.05, 4.69) is 15.6 Å². The summed E-state index contributed by atoms with van der Waals surface area (Å²) in [4.78, 5) is 29.7. The van der Waals surface area contributed by atoms with Crippen LogP contribution < -0.4 is 15.4 Å². The summed E-state index contributed by atoms with van der Waals surface area (Å²) in [5, 5.41) is 5.78. The number of anilines is 1. The number of para-hydroxylation sites is 1. The van der Waals surface area contributed by atoms with Crippen molar-refractivity contribution in [2.24, 2.45) is 0 Å². The number of ether oxygens (including phenoxy) is 1. The van der Waals surface area contributed by atoms with Gasteiger partial charge in [0.2, 0.25) is 0 Å². The molecule has 1 aliphatic carbocycles. The SMILES string of the molecule is O=C(COc1ccccc1)Nc1nc2ccccn2c1C(=O)NC1CCCC1. The molecule has 0 spiro atoms. The molecule has 7 heteroatoms. The maximum absolute atomic E-state index is 12.9. The molecule has 2 aromatic heterocycles. The van der Waals surface area contributed by atoms with Crippen molar-refractivity contribution >= 4 is 23.3 Å². The molecule has 7 nitrogen and oxygen atoms in total. The van der Waals surface area contributed by atoms with Gasteiger partial charge < -0.3 is 15.4 Å². The minimum Gasteiger partial charge on any atom is -0.484 e. The molecular weight excluding hydrogens is 356 g/mol. The van der Waals surface area contributed by atoms with Gasteiger partial charge in [-0.3, -0.25) is 14.0 Å². The van der Waals surface area contributed by atoms with E-state index in [1.54, 1.807) is 28.8 Å². The zero-order valence-corrected chi connectivity index (χ0v) is 15.4. The largest absolute Gasteiger partial charge is 0.484 e. The van der Waals surface area contributed by atoms with Gasteiger partial charge in [0.05, 0.1) is 0 Å². The van der Waals surface area contributed by atoms with Crippen LogP contribution in [0.15, 0.2) is 54.7 Å². The molecule has 28 heavy (non-hydrogen) atoms. The molecule has 1 fully saturated rings. The number of carbonyl (C=O) groups excluding carboxylic acids is 2. The van der Waals surface area contributed by atoms with E-state index in [0.717, 1.165) is 25.7 Å². The molecule has 3 aromatic rings. The number of nitrogens with one attached hydrogen (secondary N) is 2. The molecule has 1 saturated carbocycles. The molecule has 4 rings (SSSR count). The van der Waals surface area contributed by atoms with Gasteiger partial charge in [0.15, 0.2) is 18.1 Å². The molecule has 2 heterocycles. The highest BCUT2D eigenvalue weighted by molar-refractivity contribution is 6.03. The van der Waals surface area contributed by atoms with Crippen LogP contribution in [0.3, 0.4) is 0 Å². The minimum atomic E-state index is -0.373. The lowest BCUT2D eigenvalue weighted by Crippen LogP contribution is -2.34. The lowest BCUT2D eigenvalue weighted by molar-refractivity contribution is -0.118. The fourth-order valence-electron chi connectivity index (χ4n) is 3.46. The third-order valence-electron chi connectivity index (χ3n) is 4.81. The van der Waals surface area contributed by atoms with Gasteiger partial charge in [-0.2, -0.15) is 0 Å². The summed E-state index contributed by atoms with van der Waals surface area (Å²) in [6.07, 6.45) is 5.98. The Hall–Kier alpha value is -3.35. The highest BCUT2D eigenvalue weighted by Crippen LogP contribution is 2.21. The normalized spacial score (nSPS) is 14.1. The highest BCUT2D eigenvalue weighted by atomic mass is 16.5. The van der Waals surface area contributed by atoms with Crippen molar-refractivity contribution in [3.8, 4) is 5.75 Å². The van der Waals surface area contributed by atoms with Crippen LogP contribution in [-0.4, -0.2) is 33.8 Å². The maximum atomic E-state index is 12.9. The van der Waals surface area contributed by atoms with E-state index in [1.165, 1.54) is 0 Å². The second-order valence-electron chi connectivity index (χ2n) is 6.84. The van der Waals surface area contributed by atoms with E-state index in [0.29, 0.717) is 17.1 Å². The number of nitrogens with zero attached hydrogens (tertiary/aromatic N) is 2. The van der Waals surface area contributed by atoms with Crippen molar-refractivity contribution in [3.05, 3.63) is 60.4 Å².